The summed E-state index contributed by atoms with van der Waals surface area (Å²) in [5.41, 5.74) is 0.958. The van der Waals surface area contributed by atoms with Gasteiger partial charge in [0.2, 0.25) is 5.91 Å². The van der Waals surface area contributed by atoms with Gasteiger partial charge in [-0.25, -0.2) is 4.98 Å². The summed E-state index contributed by atoms with van der Waals surface area (Å²) in [4.78, 5) is 45.0. The van der Waals surface area contributed by atoms with E-state index in [1.807, 2.05) is 30.3 Å². The molecule has 1 saturated heterocycles. The number of rotatable bonds is 6. The van der Waals surface area contributed by atoms with Gasteiger partial charge in [0.25, 0.3) is 5.91 Å². The fraction of sp³-hybridized carbons (Fsp3) is 0.429. The van der Waals surface area contributed by atoms with Gasteiger partial charge in [0.15, 0.2) is 0 Å². The number of aromatic nitrogens is 1. The third-order valence-electron chi connectivity index (χ3n) is 4.92. The van der Waals surface area contributed by atoms with E-state index in [1.165, 1.54) is 16.2 Å². The minimum atomic E-state index is -0.223. The van der Waals surface area contributed by atoms with Crippen molar-refractivity contribution in [3.8, 4) is 10.6 Å². The molecule has 2 heterocycles. The van der Waals surface area contributed by atoms with Gasteiger partial charge in [-0.15, -0.1) is 11.3 Å². The molecule has 0 radical (unpaired) electrons. The SMILES string of the molecule is CCOC(=O)C1CCN(C(=O)CN(C)C(=O)c2cnc(-c3ccccc3)s2)CC1. The maximum Gasteiger partial charge on any atom is 0.309 e. The van der Waals surface area contributed by atoms with Crippen LogP contribution < -0.4 is 0 Å². The van der Waals surface area contributed by atoms with Gasteiger partial charge in [-0.05, 0) is 19.8 Å². The molecular formula is C21H25N3O4S. The number of likely N-dealkylation sites (N-methyl/N-ethyl adjacent to an activating group) is 1. The predicted molar refractivity (Wildman–Crippen MR) is 110 cm³/mol. The van der Waals surface area contributed by atoms with E-state index in [0.29, 0.717) is 37.4 Å². The molecule has 1 fully saturated rings. The van der Waals surface area contributed by atoms with Crippen LogP contribution in [0.2, 0.25) is 0 Å². The maximum absolute atomic E-state index is 12.7. The topological polar surface area (TPSA) is 79.8 Å². The average molecular weight is 416 g/mol. The van der Waals surface area contributed by atoms with Crippen LogP contribution in [0.1, 0.15) is 29.4 Å². The van der Waals surface area contributed by atoms with E-state index in [4.69, 9.17) is 4.74 Å². The van der Waals surface area contributed by atoms with Crippen LogP contribution in [0.5, 0.6) is 0 Å². The number of esters is 1. The van der Waals surface area contributed by atoms with E-state index in [1.54, 1.807) is 25.1 Å². The second-order valence-corrected chi connectivity index (χ2v) is 7.99. The smallest absolute Gasteiger partial charge is 0.309 e. The Morgan fingerprint density at radius 3 is 2.55 bits per heavy atom. The van der Waals surface area contributed by atoms with E-state index in [2.05, 4.69) is 4.98 Å². The lowest BCUT2D eigenvalue weighted by molar-refractivity contribution is -0.151. The monoisotopic (exact) mass is 415 g/mol. The molecule has 154 valence electrons. The summed E-state index contributed by atoms with van der Waals surface area (Å²) >= 11 is 1.31. The summed E-state index contributed by atoms with van der Waals surface area (Å²) in [5, 5.41) is 0.773. The number of hydrogen-bond donors (Lipinski definition) is 0. The first-order valence-corrected chi connectivity index (χ1v) is 10.5. The van der Waals surface area contributed by atoms with Gasteiger partial charge in [-0.1, -0.05) is 30.3 Å². The van der Waals surface area contributed by atoms with Crippen molar-refractivity contribution in [2.24, 2.45) is 5.92 Å². The molecule has 1 aromatic heterocycles. The normalized spacial score (nSPS) is 14.5. The number of ether oxygens (including phenoxy) is 1. The van der Waals surface area contributed by atoms with E-state index in [0.717, 1.165) is 10.6 Å². The molecule has 3 rings (SSSR count). The average Bonchev–Trinajstić information content (AvgIpc) is 3.24. The van der Waals surface area contributed by atoms with Crippen molar-refractivity contribution < 1.29 is 19.1 Å². The Bertz CT molecular complexity index is 860. The molecule has 1 aliphatic rings. The number of carbonyl (C=O) groups is 3. The van der Waals surface area contributed by atoms with Crippen LogP contribution in [0, 0.1) is 5.92 Å². The minimum absolute atomic E-state index is 0.00147. The van der Waals surface area contributed by atoms with Crippen LogP contribution in [-0.4, -0.2) is 65.9 Å². The van der Waals surface area contributed by atoms with Crippen molar-refractivity contribution in [1.82, 2.24) is 14.8 Å². The Kier molecular flexibility index (Phi) is 6.98. The Labute approximate surface area is 174 Å². The van der Waals surface area contributed by atoms with Crippen LogP contribution in [0.15, 0.2) is 36.5 Å². The number of piperidine rings is 1. The summed E-state index contributed by atoms with van der Waals surface area (Å²) in [6.45, 7) is 3.16. The number of carbonyl (C=O) groups excluding carboxylic acids is 3. The molecule has 0 N–H and O–H groups in total. The van der Waals surface area contributed by atoms with E-state index in [9.17, 15) is 14.4 Å². The molecule has 2 aromatic rings. The molecule has 1 aromatic carbocycles. The van der Waals surface area contributed by atoms with Gasteiger partial charge < -0.3 is 14.5 Å². The zero-order valence-electron chi connectivity index (χ0n) is 16.7. The summed E-state index contributed by atoms with van der Waals surface area (Å²) in [6, 6.07) is 9.67. The highest BCUT2D eigenvalue weighted by molar-refractivity contribution is 7.16. The van der Waals surface area contributed by atoms with E-state index >= 15 is 0 Å². The number of nitrogens with zero attached hydrogens (tertiary/aromatic N) is 3. The molecule has 8 heteroatoms. The lowest BCUT2D eigenvalue weighted by Gasteiger charge is -2.32. The summed E-state index contributed by atoms with van der Waals surface area (Å²) in [7, 11) is 1.62. The lowest BCUT2D eigenvalue weighted by Crippen LogP contribution is -2.45. The van der Waals surface area contributed by atoms with Gasteiger partial charge in [0.1, 0.15) is 9.88 Å². The first-order valence-electron chi connectivity index (χ1n) is 9.70. The molecule has 2 amide bonds. The first-order chi connectivity index (χ1) is 14.0. The van der Waals surface area contributed by atoms with Crippen molar-refractivity contribution in [2.45, 2.75) is 19.8 Å². The fourth-order valence-corrected chi connectivity index (χ4v) is 4.19. The number of amides is 2. The van der Waals surface area contributed by atoms with Crippen LogP contribution >= 0.6 is 11.3 Å². The molecule has 0 saturated carbocycles. The quantitative estimate of drug-likeness (QED) is 0.678. The number of hydrogen-bond acceptors (Lipinski definition) is 6. The van der Waals surface area contributed by atoms with Gasteiger partial charge >= 0.3 is 5.97 Å². The fourth-order valence-electron chi connectivity index (χ4n) is 3.27. The predicted octanol–water partition coefficient (Wildman–Crippen LogP) is 2.68. The number of thiazole rings is 1. The van der Waals surface area contributed by atoms with Crippen LogP contribution in [0.3, 0.4) is 0 Å². The van der Waals surface area contributed by atoms with Crippen molar-refractivity contribution in [3.05, 3.63) is 41.4 Å². The number of benzene rings is 1. The third-order valence-corrected chi connectivity index (χ3v) is 5.96. The van der Waals surface area contributed by atoms with Gasteiger partial charge in [0.05, 0.1) is 25.3 Å². The Morgan fingerprint density at radius 2 is 1.90 bits per heavy atom. The molecule has 1 aliphatic heterocycles. The highest BCUT2D eigenvalue weighted by Gasteiger charge is 2.29. The second-order valence-electron chi connectivity index (χ2n) is 6.96. The van der Waals surface area contributed by atoms with E-state index in [-0.39, 0.29) is 30.2 Å². The molecule has 0 aliphatic carbocycles. The Balaban J connectivity index is 1.53. The summed E-state index contributed by atoms with van der Waals surface area (Å²) < 4.78 is 5.06. The van der Waals surface area contributed by atoms with Gasteiger partial charge in [-0.2, -0.15) is 0 Å². The third kappa shape index (κ3) is 5.20. The molecule has 0 atom stereocenters. The zero-order valence-corrected chi connectivity index (χ0v) is 17.5. The molecule has 29 heavy (non-hydrogen) atoms. The standard InChI is InChI=1S/C21H25N3O4S/c1-3-28-21(27)16-9-11-24(12-10-16)18(25)14-23(2)20(26)17-13-22-19(29-17)15-7-5-4-6-8-15/h4-8,13,16H,3,9-12,14H2,1-2H3. The van der Waals surface area contributed by atoms with Gasteiger partial charge in [0, 0.05) is 25.7 Å². The van der Waals surface area contributed by atoms with Crippen molar-refractivity contribution in [3.63, 3.8) is 0 Å². The minimum Gasteiger partial charge on any atom is -0.466 e. The van der Waals surface area contributed by atoms with E-state index < -0.39 is 0 Å². The molecule has 0 bridgehead atoms. The molecule has 7 nitrogen and oxygen atoms in total. The maximum atomic E-state index is 12.7. The van der Waals surface area contributed by atoms with Crippen molar-refractivity contribution in [1.29, 1.82) is 0 Å². The van der Waals surface area contributed by atoms with Crippen LogP contribution in [0.25, 0.3) is 10.6 Å². The Hall–Kier alpha value is -2.74. The van der Waals surface area contributed by atoms with Gasteiger partial charge in [-0.3, -0.25) is 14.4 Å². The molecule has 0 spiro atoms. The molecular weight excluding hydrogens is 390 g/mol. The summed E-state index contributed by atoms with van der Waals surface area (Å²) in [6.07, 6.45) is 2.75. The van der Waals surface area contributed by atoms with Crippen molar-refractivity contribution in [2.75, 3.05) is 33.3 Å². The largest absolute Gasteiger partial charge is 0.466 e. The zero-order chi connectivity index (χ0) is 20.8. The van der Waals surface area contributed by atoms with Crippen molar-refractivity contribution >= 4 is 29.1 Å². The summed E-state index contributed by atoms with van der Waals surface area (Å²) in [5.74, 6) is -0.673. The van der Waals surface area contributed by atoms with Crippen LogP contribution in [0.4, 0.5) is 0 Å². The second kappa shape index (κ2) is 9.65. The Morgan fingerprint density at radius 1 is 1.21 bits per heavy atom. The first kappa shape index (κ1) is 21.0. The number of likely N-dealkylation sites (tertiary alicyclic amines) is 1. The highest BCUT2D eigenvalue weighted by Crippen LogP contribution is 2.25. The lowest BCUT2D eigenvalue weighted by atomic mass is 9.97. The van der Waals surface area contributed by atoms with Crippen LogP contribution in [-0.2, 0) is 14.3 Å². The highest BCUT2D eigenvalue weighted by atomic mass is 32.1. The molecule has 0 unspecified atom stereocenters.